The summed E-state index contributed by atoms with van der Waals surface area (Å²) in [7, 11) is 0. The van der Waals surface area contributed by atoms with Gasteiger partial charge in [-0.3, -0.25) is 0 Å². The summed E-state index contributed by atoms with van der Waals surface area (Å²) < 4.78 is 3.08. The molecule has 1 aromatic carbocycles. The van der Waals surface area contributed by atoms with Crippen LogP contribution in [0.3, 0.4) is 0 Å². The minimum atomic E-state index is 0.679. The first-order chi connectivity index (χ1) is 8.66. The van der Waals surface area contributed by atoms with Gasteiger partial charge in [0.25, 0.3) is 0 Å². The van der Waals surface area contributed by atoms with Gasteiger partial charge in [0.1, 0.15) is 0 Å². The quantitative estimate of drug-likeness (QED) is 0.917. The SMILES string of the molecule is CC(C)CNCc1ccc(-n2ccnc2)c(Br)c1. The fourth-order valence-electron chi connectivity index (χ4n) is 1.78. The monoisotopic (exact) mass is 307 g/mol. The molecule has 0 spiro atoms. The molecule has 1 heterocycles. The van der Waals surface area contributed by atoms with Crippen LogP contribution in [0.25, 0.3) is 5.69 Å². The summed E-state index contributed by atoms with van der Waals surface area (Å²) in [5.41, 5.74) is 2.39. The second-order valence-electron chi connectivity index (χ2n) is 4.78. The standard InChI is InChI=1S/C14H18BrN3/c1-11(2)8-17-9-12-3-4-14(13(15)7-12)18-6-5-16-10-18/h3-7,10-11,17H,8-9H2,1-2H3. The predicted molar refractivity (Wildman–Crippen MR) is 77.8 cm³/mol. The fourth-order valence-corrected chi connectivity index (χ4v) is 2.41. The van der Waals surface area contributed by atoms with Gasteiger partial charge in [0.2, 0.25) is 0 Å². The van der Waals surface area contributed by atoms with Crippen LogP contribution in [0.4, 0.5) is 0 Å². The molecule has 0 aliphatic rings. The molecule has 0 bridgehead atoms. The van der Waals surface area contributed by atoms with Crippen LogP contribution in [0.1, 0.15) is 19.4 Å². The van der Waals surface area contributed by atoms with Crippen LogP contribution in [0.5, 0.6) is 0 Å². The van der Waals surface area contributed by atoms with Gasteiger partial charge in [0.05, 0.1) is 12.0 Å². The molecule has 2 rings (SSSR count). The van der Waals surface area contributed by atoms with Gasteiger partial charge in [-0.15, -0.1) is 0 Å². The van der Waals surface area contributed by atoms with Crippen LogP contribution < -0.4 is 5.32 Å². The van der Waals surface area contributed by atoms with Crippen LogP contribution >= 0.6 is 15.9 Å². The molecule has 0 saturated heterocycles. The van der Waals surface area contributed by atoms with Gasteiger partial charge in [-0.2, -0.15) is 0 Å². The summed E-state index contributed by atoms with van der Waals surface area (Å²) in [6, 6.07) is 6.41. The molecule has 1 N–H and O–H groups in total. The lowest BCUT2D eigenvalue weighted by Crippen LogP contribution is -2.18. The van der Waals surface area contributed by atoms with Crippen molar-refractivity contribution in [1.29, 1.82) is 0 Å². The molecule has 0 aliphatic heterocycles. The third-order valence-corrected chi connectivity index (χ3v) is 3.31. The van der Waals surface area contributed by atoms with E-state index in [-0.39, 0.29) is 0 Å². The molecule has 0 saturated carbocycles. The lowest BCUT2D eigenvalue weighted by atomic mass is 10.2. The number of benzene rings is 1. The number of aromatic nitrogens is 2. The number of hydrogen-bond acceptors (Lipinski definition) is 2. The highest BCUT2D eigenvalue weighted by Gasteiger charge is 2.03. The van der Waals surface area contributed by atoms with E-state index < -0.39 is 0 Å². The maximum atomic E-state index is 4.06. The summed E-state index contributed by atoms with van der Waals surface area (Å²) in [6.45, 7) is 6.37. The van der Waals surface area contributed by atoms with Crippen LogP contribution in [-0.4, -0.2) is 16.1 Å². The highest BCUT2D eigenvalue weighted by atomic mass is 79.9. The number of imidazole rings is 1. The minimum absolute atomic E-state index is 0.679. The summed E-state index contributed by atoms with van der Waals surface area (Å²) in [4.78, 5) is 4.06. The third kappa shape index (κ3) is 3.43. The van der Waals surface area contributed by atoms with Crippen molar-refractivity contribution in [2.75, 3.05) is 6.54 Å². The lowest BCUT2D eigenvalue weighted by molar-refractivity contribution is 0.552. The van der Waals surface area contributed by atoms with Gasteiger partial charge in [-0.25, -0.2) is 4.98 Å². The maximum absolute atomic E-state index is 4.06. The van der Waals surface area contributed by atoms with Crippen molar-refractivity contribution in [1.82, 2.24) is 14.9 Å². The number of nitrogens with zero attached hydrogens (tertiary/aromatic N) is 2. The smallest absolute Gasteiger partial charge is 0.0992 e. The molecule has 0 aliphatic carbocycles. The Morgan fingerprint density at radius 2 is 2.22 bits per heavy atom. The molecule has 2 aromatic rings. The largest absolute Gasteiger partial charge is 0.312 e. The number of rotatable bonds is 5. The maximum Gasteiger partial charge on any atom is 0.0992 e. The Morgan fingerprint density at radius 3 is 2.83 bits per heavy atom. The molecule has 0 amide bonds. The van der Waals surface area contributed by atoms with Gasteiger partial charge in [-0.05, 0) is 46.1 Å². The highest BCUT2D eigenvalue weighted by molar-refractivity contribution is 9.10. The first-order valence-electron chi connectivity index (χ1n) is 6.14. The van der Waals surface area contributed by atoms with Gasteiger partial charge in [0, 0.05) is 23.4 Å². The van der Waals surface area contributed by atoms with Crippen molar-refractivity contribution in [2.24, 2.45) is 5.92 Å². The Labute approximate surface area is 116 Å². The van der Waals surface area contributed by atoms with Crippen LogP contribution in [0.15, 0.2) is 41.4 Å². The topological polar surface area (TPSA) is 29.9 Å². The van der Waals surface area contributed by atoms with Crippen molar-refractivity contribution in [2.45, 2.75) is 20.4 Å². The normalized spacial score (nSPS) is 11.1. The molecular formula is C14H18BrN3. The molecule has 3 nitrogen and oxygen atoms in total. The number of nitrogens with one attached hydrogen (secondary N) is 1. The van der Waals surface area contributed by atoms with Crippen molar-refractivity contribution in [3.8, 4) is 5.69 Å². The number of hydrogen-bond donors (Lipinski definition) is 1. The first kappa shape index (κ1) is 13.3. The van der Waals surface area contributed by atoms with E-state index in [1.54, 1.807) is 12.5 Å². The molecule has 0 radical (unpaired) electrons. The van der Waals surface area contributed by atoms with Crippen LogP contribution in [-0.2, 0) is 6.54 Å². The van der Waals surface area contributed by atoms with Gasteiger partial charge >= 0.3 is 0 Å². The molecule has 0 fully saturated rings. The Bertz CT molecular complexity index is 492. The predicted octanol–water partition coefficient (Wildman–Crippen LogP) is 3.38. The van der Waals surface area contributed by atoms with Crippen LogP contribution in [0, 0.1) is 5.92 Å². The van der Waals surface area contributed by atoms with Gasteiger partial charge in [-0.1, -0.05) is 19.9 Å². The molecule has 18 heavy (non-hydrogen) atoms. The molecule has 1 aromatic heterocycles. The Morgan fingerprint density at radius 1 is 1.39 bits per heavy atom. The van der Waals surface area contributed by atoms with E-state index in [0.717, 1.165) is 23.2 Å². The van der Waals surface area contributed by atoms with Crippen molar-refractivity contribution >= 4 is 15.9 Å². The summed E-state index contributed by atoms with van der Waals surface area (Å²) >= 11 is 3.61. The Balaban J connectivity index is 2.06. The molecule has 0 unspecified atom stereocenters. The molecular weight excluding hydrogens is 290 g/mol. The minimum Gasteiger partial charge on any atom is -0.312 e. The van der Waals surface area contributed by atoms with E-state index >= 15 is 0 Å². The molecule has 4 heteroatoms. The number of halogens is 1. The fraction of sp³-hybridized carbons (Fsp3) is 0.357. The summed E-state index contributed by atoms with van der Waals surface area (Å²) in [5, 5.41) is 3.44. The van der Waals surface area contributed by atoms with E-state index in [9.17, 15) is 0 Å². The zero-order chi connectivity index (χ0) is 13.0. The summed E-state index contributed by atoms with van der Waals surface area (Å²) in [5.74, 6) is 0.679. The van der Waals surface area contributed by atoms with E-state index in [0.29, 0.717) is 5.92 Å². The zero-order valence-corrected chi connectivity index (χ0v) is 12.3. The highest BCUT2D eigenvalue weighted by Crippen LogP contribution is 2.22. The van der Waals surface area contributed by atoms with E-state index in [1.165, 1.54) is 5.56 Å². The average Bonchev–Trinajstić information content (AvgIpc) is 2.82. The molecule has 96 valence electrons. The Hall–Kier alpha value is -1.13. The van der Waals surface area contributed by atoms with E-state index in [1.807, 2.05) is 10.8 Å². The second kappa shape index (κ2) is 6.16. The molecule has 0 atom stereocenters. The summed E-state index contributed by atoms with van der Waals surface area (Å²) in [6.07, 6.45) is 5.53. The third-order valence-electron chi connectivity index (χ3n) is 2.68. The van der Waals surface area contributed by atoms with Crippen LogP contribution in [0.2, 0.25) is 0 Å². The second-order valence-corrected chi connectivity index (χ2v) is 5.63. The van der Waals surface area contributed by atoms with E-state index in [2.05, 4.69) is 58.3 Å². The Kier molecular flexibility index (Phi) is 4.55. The first-order valence-corrected chi connectivity index (χ1v) is 6.93. The average molecular weight is 308 g/mol. The lowest BCUT2D eigenvalue weighted by Gasteiger charge is -2.10. The zero-order valence-electron chi connectivity index (χ0n) is 10.7. The van der Waals surface area contributed by atoms with Gasteiger partial charge < -0.3 is 9.88 Å². The van der Waals surface area contributed by atoms with Gasteiger partial charge in [0.15, 0.2) is 0 Å². The van der Waals surface area contributed by atoms with Crippen molar-refractivity contribution < 1.29 is 0 Å². The van der Waals surface area contributed by atoms with Crippen molar-refractivity contribution in [3.63, 3.8) is 0 Å². The van der Waals surface area contributed by atoms with Crippen molar-refractivity contribution in [3.05, 3.63) is 47.0 Å². The van der Waals surface area contributed by atoms with E-state index in [4.69, 9.17) is 0 Å².